The first-order valence-corrected chi connectivity index (χ1v) is 8.10. The number of para-hydroxylation sites is 1. The molecule has 0 saturated heterocycles. The van der Waals surface area contributed by atoms with Crippen LogP contribution in [0.3, 0.4) is 0 Å². The number of hydrogen-bond donors (Lipinski definition) is 2. The van der Waals surface area contributed by atoms with E-state index < -0.39 is 15.6 Å². The minimum absolute atomic E-state index is 0.193. The molecule has 0 bridgehead atoms. The Hall–Kier alpha value is -1.85. The second-order valence-electron chi connectivity index (χ2n) is 5.52. The zero-order valence-corrected chi connectivity index (χ0v) is 13.1. The molecule has 2 N–H and O–H groups in total. The van der Waals surface area contributed by atoms with Crippen molar-refractivity contribution in [1.82, 2.24) is 0 Å². The van der Waals surface area contributed by atoms with E-state index in [0.29, 0.717) is 11.3 Å². The monoisotopic (exact) mass is 305 g/mol. The van der Waals surface area contributed by atoms with Crippen LogP contribution in [0.25, 0.3) is 0 Å². The van der Waals surface area contributed by atoms with Crippen molar-refractivity contribution in [3.63, 3.8) is 0 Å². The highest BCUT2D eigenvalue weighted by Gasteiger charge is 2.22. The van der Waals surface area contributed by atoms with Crippen molar-refractivity contribution in [2.45, 2.75) is 31.3 Å². The van der Waals surface area contributed by atoms with Gasteiger partial charge < -0.3 is 5.11 Å². The molecule has 2 rings (SSSR count). The molecule has 21 heavy (non-hydrogen) atoms. The van der Waals surface area contributed by atoms with Crippen LogP contribution < -0.4 is 4.72 Å². The van der Waals surface area contributed by atoms with Gasteiger partial charge in [0.05, 0.1) is 16.2 Å². The highest BCUT2D eigenvalue weighted by Crippen LogP contribution is 2.29. The SMILES string of the molecule is Cc1ccc(S(=O)(=O)Nc2ccccc2C(C)(C)O)cc1. The van der Waals surface area contributed by atoms with Gasteiger partial charge in [-0.2, -0.15) is 0 Å². The van der Waals surface area contributed by atoms with Gasteiger partial charge in [-0.25, -0.2) is 8.42 Å². The molecule has 5 heteroatoms. The minimum atomic E-state index is -3.67. The molecule has 0 unspecified atom stereocenters. The first-order chi connectivity index (χ1) is 9.70. The summed E-state index contributed by atoms with van der Waals surface area (Å²) in [5, 5.41) is 10.1. The summed E-state index contributed by atoms with van der Waals surface area (Å²) in [7, 11) is -3.67. The Morgan fingerprint density at radius 1 is 1.00 bits per heavy atom. The van der Waals surface area contributed by atoms with Crippen molar-refractivity contribution in [3.05, 3.63) is 59.7 Å². The zero-order chi connectivity index (χ0) is 15.7. The van der Waals surface area contributed by atoms with Crippen LogP contribution in [0.2, 0.25) is 0 Å². The van der Waals surface area contributed by atoms with Gasteiger partial charge in [-0.1, -0.05) is 35.9 Å². The number of nitrogens with one attached hydrogen (secondary N) is 1. The molecule has 0 spiro atoms. The van der Waals surface area contributed by atoms with Crippen LogP contribution in [-0.4, -0.2) is 13.5 Å². The first kappa shape index (κ1) is 15.5. The van der Waals surface area contributed by atoms with Crippen LogP contribution in [0.15, 0.2) is 53.4 Å². The third kappa shape index (κ3) is 3.62. The molecular formula is C16H19NO3S. The highest BCUT2D eigenvalue weighted by molar-refractivity contribution is 7.92. The fourth-order valence-corrected chi connectivity index (χ4v) is 3.11. The van der Waals surface area contributed by atoms with E-state index in [-0.39, 0.29) is 4.90 Å². The van der Waals surface area contributed by atoms with Crippen molar-refractivity contribution in [1.29, 1.82) is 0 Å². The molecule has 0 amide bonds. The molecule has 0 aliphatic carbocycles. The van der Waals surface area contributed by atoms with E-state index in [2.05, 4.69) is 4.72 Å². The van der Waals surface area contributed by atoms with Crippen LogP contribution in [0.5, 0.6) is 0 Å². The summed E-state index contributed by atoms with van der Waals surface area (Å²) in [6, 6.07) is 13.4. The summed E-state index contributed by atoms with van der Waals surface area (Å²) >= 11 is 0. The van der Waals surface area contributed by atoms with E-state index in [4.69, 9.17) is 0 Å². The Labute approximate surface area is 125 Å². The molecule has 2 aromatic rings. The van der Waals surface area contributed by atoms with Crippen LogP contribution in [0.4, 0.5) is 5.69 Å². The molecule has 0 aliphatic heterocycles. The fourth-order valence-electron chi connectivity index (χ4n) is 2.03. The average molecular weight is 305 g/mol. The van der Waals surface area contributed by atoms with Crippen LogP contribution in [0.1, 0.15) is 25.0 Å². The van der Waals surface area contributed by atoms with Crippen molar-refractivity contribution in [2.75, 3.05) is 4.72 Å². The smallest absolute Gasteiger partial charge is 0.261 e. The van der Waals surface area contributed by atoms with Gasteiger partial charge in [-0.15, -0.1) is 0 Å². The van der Waals surface area contributed by atoms with Crippen LogP contribution in [-0.2, 0) is 15.6 Å². The maximum Gasteiger partial charge on any atom is 0.261 e. The lowest BCUT2D eigenvalue weighted by molar-refractivity contribution is 0.0794. The van der Waals surface area contributed by atoms with Crippen molar-refractivity contribution < 1.29 is 13.5 Å². The normalized spacial score (nSPS) is 12.2. The van der Waals surface area contributed by atoms with Gasteiger partial charge in [0.1, 0.15) is 0 Å². The van der Waals surface area contributed by atoms with E-state index in [9.17, 15) is 13.5 Å². The molecule has 0 saturated carbocycles. The lowest BCUT2D eigenvalue weighted by atomic mass is 9.97. The van der Waals surface area contributed by atoms with Gasteiger partial charge in [0, 0.05) is 5.56 Å². The van der Waals surface area contributed by atoms with Gasteiger partial charge in [-0.3, -0.25) is 4.72 Å². The van der Waals surface area contributed by atoms with E-state index >= 15 is 0 Å². The number of anilines is 1. The van der Waals surface area contributed by atoms with Crippen LogP contribution >= 0.6 is 0 Å². The molecule has 2 aromatic carbocycles. The molecule has 0 heterocycles. The molecule has 112 valence electrons. The number of aryl methyl sites for hydroxylation is 1. The lowest BCUT2D eigenvalue weighted by Crippen LogP contribution is -2.21. The Kier molecular flexibility index (Phi) is 4.07. The minimum Gasteiger partial charge on any atom is -0.386 e. The van der Waals surface area contributed by atoms with Crippen molar-refractivity contribution in [3.8, 4) is 0 Å². The molecule has 4 nitrogen and oxygen atoms in total. The summed E-state index contributed by atoms with van der Waals surface area (Å²) in [5.74, 6) is 0. The summed E-state index contributed by atoms with van der Waals surface area (Å²) in [6.45, 7) is 5.13. The summed E-state index contributed by atoms with van der Waals surface area (Å²) < 4.78 is 27.3. The topological polar surface area (TPSA) is 66.4 Å². The number of sulfonamides is 1. The number of rotatable bonds is 4. The molecule has 0 atom stereocenters. The second-order valence-corrected chi connectivity index (χ2v) is 7.21. The van der Waals surface area contributed by atoms with E-state index in [1.165, 1.54) is 0 Å². The van der Waals surface area contributed by atoms with E-state index in [1.807, 2.05) is 6.92 Å². The maximum atomic E-state index is 12.4. The Morgan fingerprint density at radius 3 is 2.14 bits per heavy atom. The summed E-state index contributed by atoms with van der Waals surface area (Å²) in [5.41, 5.74) is 0.768. The lowest BCUT2D eigenvalue weighted by Gasteiger charge is -2.22. The molecule has 0 radical (unpaired) electrons. The molecule has 0 fully saturated rings. The second kappa shape index (κ2) is 5.50. The number of hydrogen-bond acceptors (Lipinski definition) is 3. The van der Waals surface area contributed by atoms with E-state index in [0.717, 1.165) is 5.56 Å². The molecular weight excluding hydrogens is 286 g/mol. The Balaban J connectivity index is 2.40. The summed E-state index contributed by atoms with van der Waals surface area (Å²) in [4.78, 5) is 0.193. The van der Waals surface area contributed by atoms with Crippen molar-refractivity contribution >= 4 is 15.7 Å². The third-order valence-corrected chi connectivity index (χ3v) is 4.54. The Bertz CT molecular complexity index is 729. The maximum absolute atomic E-state index is 12.4. The summed E-state index contributed by atoms with van der Waals surface area (Å²) in [6.07, 6.45) is 0. The standard InChI is InChI=1S/C16H19NO3S/c1-12-8-10-13(11-9-12)21(19,20)17-15-7-5-4-6-14(15)16(2,3)18/h4-11,17-18H,1-3H3. The van der Waals surface area contributed by atoms with E-state index in [1.54, 1.807) is 62.4 Å². The molecule has 0 aromatic heterocycles. The zero-order valence-electron chi connectivity index (χ0n) is 12.3. The van der Waals surface area contributed by atoms with Crippen LogP contribution in [0, 0.1) is 6.92 Å². The fraction of sp³-hybridized carbons (Fsp3) is 0.250. The number of benzene rings is 2. The quantitative estimate of drug-likeness (QED) is 0.912. The van der Waals surface area contributed by atoms with Gasteiger partial charge in [-0.05, 0) is 39.0 Å². The van der Waals surface area contributed by atoms with Gasteiger partial charge in [0.25, 0.3) is 10.0 Å². The average Bonchev–Trinajstić information content (AvgIpc) is 2.38. The number of aliphatic hydroxyl groups is 1. The van der Waals surface area contributed by atoms with Crippen molar-refractivity contribution in [2.24, 2.45) is 0 Å². The third-order valence-electron chi connectivity index (χ3n) is 3.16. The first-order valence-electron chi connectivity index (χ1n) is 6.61. The van der Waals surface area contributed by atoms with Gasteiger partial charge in [0.2, 0.25) is 0 Å². The Morgan fingerprint density at radius 2 is 1.57 bits per heavy atom. The predicted molar refractivity (Wildman–Crippen MR) is 83.7 cm³/mol. The van der Waals surface area contributed by atoms with Gasteiger partial charge >= 0.3 is 0 Å². The molecule has 0 aliphatic rings. The largest absolute Gasteiger partial charge is 0.386 e. The highest BCUT2D eigenvalue weighted by atomic mass is 32.2. The predicted octanol–water partition coefficient (Wildman–Crippen LogP) is 3.02. The van der Waals surface area contributed by atoms with Gasteiger partial charge in [0.15, 0.2) is 0 Å².